The van der Waals surface area contributed by atoms with Crippen LogP contribution in [0.1, 0.15) is 111 Å². The highest BCUT2D eigenvalue weighted by Gasteiger charge is 2.36. The number of carboxylic acid groups (broad SMARTS) is 3. The summed E-state index contributed by atoms with van der Waals surface area (Å²) in [6.45, 7) is 13.1. The zero-order valence-corrected chi connectivity index (χ0v) is 44.7. The molecule has 0 aliphatic carbocycles. The molecule has 0 heterocycles. The molecule has 0 bridgehead atoms. The lowest BCUT2D eigenvalue weighted by molar-refractivity contribution is -0.144. The Hall–Kier alpha value is -7.43. The van der Waals surface area contributed by atoms with Crippen LogP contribution in [0.25, 0.3) is 0 Å². The van der Waals surface area contributed by atoms with Gasteiger partial charge >= 0.3 is 17.9 Å². The van der Waals surface area contributed by atoms with Crippen molar-refractivity contribution in [1.82, 2.24) is 42.5 Å². The Bertz CT molecular complexity index is 2280. The van der Waals surface area contributed by atoms with E-state index in [2.05, 4.69) is 42.5 Å². The number of nitrogens with one attached hydrogen (secondary N) is 8. The van der Waals surface area contributed by atoms with Gasteiger partial charge in [-0.3, -0.25) is 47.9 Å². The standard InChI is InChI=1S/C53H79N9O14/c1-9-32(8)45(62-51(73)39(25-30(4)5)58-46(68)35(54)26-33-16-12-10-13-17-33)52(74)60-38(24-29(2)3)47(69)55-28-41(63)56-36(20-22-42(64)65)48(70)59-40(27-34-18-14-11-15-19-34)50(72)57-37(21-23-43(66)67)49(71)61-44(31(6)7)53(75)76/h10-19,29-32,35-40,44-45H,9,20-28,54H2,1-8H3,(H,55,69)(H,56,63)(H,57,72)(H,58,68)(H,59,70)(H,60,74)(H,61,71)(H,62,73)(H,64,65)(H,66,67)(H,75,76). The van der Waals surface area contributed by atoms with Crippen molar-refractivity contribution in [2.45, 2.75) is 162 Å². The number of aliphatic carboxylic acids is 3. The van der Waals surface area contributed by atoms with E-state index in [1.54, 1.807) is 51.1 Å². The van der Waals surface area contributed by atoms with Crippen molar-refractivity contribution in [3.8, 4) is 0 Å². The van der Waals surface area contributed by atoms with Crippen LogP contribution in [0.15, 0.2) is 60.7 Å². The quantitative estimate of drug-likeness (QED) is 0.0464. The van der Waals surface area contributed by atoms with Crippen molar-refractivity contribution in [2.24, 2.45) is 29.4 Å². The highest BCUT2D eigenvalue weighted by molar-refractivity contribution is 5.97. The second kappa shape index (κ2) is 32.8. The van der Waals surface area contributed by atoms with E-state index >= 15 is 0 Å². The lowest BCUT2D eigenvalue weighted by atomic mass is 9.95. The van der Waals surface area contributed by atoms with Crippen LogP contribution in [0.3, 0.4) is 0 Å². The SMILES string of the molecule is CCC(C)C(NC(=O)C(CC(C)C)NC(=O)C(N)Cc1ccccc1)C(=O)NC(CC(C)C)C(=O)NCC(=O)NC(CCC(=O)O)C(=O)NC(Cc1ccccc1)C(=O)NC(CCC(=O)O)C(=O)NC(C(=O)O)C(C)C. The number of hydrogen-bond donors (Lipinski definition) is 12. The summed E-state index contributed by atoms with van der Waals surface area (Å²) in [5.41, 5.74) is 7.56. The van der Waals surface area contributed by atoms with Crippen molar-refractivity contribution >= 4 is 65.2 Å². The third-order valence-corrected chi connectivity index (χ3v) is 12.3. The van der Waals surface area contributed by atoms with Gasteiger partial charge in [-0.1, -0.05) is 122 Å². The Morgan fingerprint density at radius 1 is 0.474 bits per heavy atom. The van der Waals surface area contributed by atoms with Gasteiger partial charge < -0.3 is 63.6 Å². The van der Waals surface area contributed by atoms with E-state index in [0.717, 1.165) is 5.56 Å². The van der Waals surface area contributed by atoms with Crippen LogP contribution < -0.4 is 48.3 Å². The van der Waals surface area contributed by atoms with E-state index in [1.165, 1.54) is 13.8 Å². The molecule has 2 rings (SSSR count). The van der Waals surface area contributed by atoms with Gasteiger partial charge in [0.15, 0.2) is 0 Å². The minimum atomic E-state index is -1.62. The highest BCUT2D eigenvalue weighted by atomic mass is 16.4. The second-order valence-electron chi connectivity index (χ2n) is 20.1. The van der Waals surface area contributed by atoms with E-state index in [0.29, 0.717) is 12.0 Å². The first-order chi connectivity index (χ1) is 35.7. The van der Waals surface area contributed by atoms with Gasteiger partial charge in [-0.05, 0) is 66.9 Å². The van der Waals surface area contributed by atoms with Crippen molar-refractivity contribution in [1.29, 1.82) is 0 Å². The number of carbonyl (C=O) groups is 11. The van der Waals surface area contributed by atoms with Crippen LogP contribution in [0, 0.1) is 23.7 Å². The topological polar surface area (TPSA) is 371 Å². The Morgan fingerprint density at radius 2 is 0.882 bits per heavy atom. The Kier molecular flexibility index (Phi) is 27.9. The maximum atomic E-state index is 14.1. The minimum absolute atomic E-state index is 0.0527. The highest BCUT2D eigenvalue weighted by Crippen LogP contribution is 2.15. The van der Waals surface area contributed by atoms with Gasteiger partial charge in [-0.15, -0.1) is 0 Å². The lowest BCUT2D eigenvalue weighted by Crippen LogP contribution is -2.60. The van der Waals surface area contributed by atoms with Gasteiger partial charge in [0.25, 0.3) is 0 Å². The average molecular weight is 1070 g/mol. The van der Waals surface area contributed by atoms with Gasteiger partial charge in [0.1, 0.15) is 42.3 Å². The summed E-state index contributed by atoms with van der Waals surface area (Å²) in [4.78, 5) is 145. The van der Waals surface area contributed by atoms with E-state index < -0.39 is 158 Å². The molecule has 2 aromatic rings. The second-order valence-corrected chi connectivity index (χ2v) is 20.1. The van der Waals surface area contributed by atoms with Crippen LogP contribution >= 0.6 is 0 Å². The average Bonchev–Trinajstić information content (AvgIpc) is 3.35. The largest absolute Gasteiger partial charge is 0.481 e. The molecule has 9 atom stereocenters. The number of nitrogens with two attached hydrogens (primary N) is 1. The maximum absolute atomic E-state index is 14.1. The number of carboxylic acids is 3. The lowest BCUT2D eigenvalue weighted by Gasteiger charge is -2.29. The van der Waals surface area contributed by atoms with E-state index in [4.69, 9.17) is 5.73 Å². The number of rotatable bonds is 34. The van der Waals surface area contributed by atoms with E-state index in [-0.39, 0.29) is 37.5 Å². The summed E-state index contributed by atoms with van der Waals surface area (Å²) in [6.07, 6.45) is -1.46. The summed E-state index contributed by atoms with van der Waals surface area (Å²) < 4.78 is 0. The molecule has 0 saturated heterocycles. The fourth-order valence-corrected chi connectivity index (χ4v) is 7.84. The minimum Gasteiger partial charge on any atom is -0.481 e. The predicted molar refractivity (Wildman–Crippen MR) is 279 cm³/mol. The van der Waals surface area contributed by atoms with Crippen LogP contribution in [0.4, 0.5) is 0 Å². The van der Waals surface area contributed by atoms with Crippen molar-refractivity contribution < 1.29 is 68.1 Å². The third kappa shape index (κ3) is 23.8. The number of amides is 8. The Morgan fingerprint density at radius 3 is 1.36 bits per heavy atom. The summed E-state index contributed by atoms with van der Waals surface area (Å²) in [5.74, 6) is -12.0. The molecule has 0 spiro atoms. The molecular weight excluding hydrogens is 987 g/mol. The summed E-state index contributed by atoms with van der Waals surface area (Å²) in [6, 6.07) is 6.82. The molecule has 420 valence electrons. The number of benzene rings is 2. The Balaban J connectivity index is 2.31. The molecule has 76 heavy (non-hydrogen) atoms. The Labute approximate surface area is 443 Å². The van der Waals surface area contributed by atoms with Crippen molar-refractivity contribution in [3.05, 3.63) is 71.8 Å². The van der Waals surface area contributed by atoms with Gasteiger partial charge in [0.05, 0.1) is 12.6 Å². The summed E-state index contributed by atoms with van der Waals surface area (Å²) in [7, 11) is 0. The maximum Gasteiger partial charge on any atom is 0.326 e. The molecule has 0 saturated carbocycles. The van der Waals surface area contributed by atoms with Gasteiger partial charge in [0.2, 0.25) is 47.3 Å². The molecule has 13 N–H and O–H groups in total. The monoisotopic (exact) mass is 1070 g/mol. The molecule has 0 aromatic heterocycles. The molecular formula is C53H79N9O14. The fourth-order valence-electron chi connectivity index (χ4n) is 7.84. The third-order valence-electron chi connectivity index (χ3n) is 12.3. The van der Waals surface area contributed by atoms with Gasteiger partial charge in [0, 0.05) is 19.3 Å². The fraction of sp³-hybridized carbons (Fsp3) is 0.566. The van der Waals surface area contributed by atoms with Gasteiger partial charge in [-0.2, -0.15) is 0 Å². The molecule has 8 amide bonds. The van der Waals surface area contributed by atoms with Crippen molar-refractivity contribution in [2.75, 3.05) is 6.54 Å². The number of hydrogen-bond acceptors (Lipinski definition) is 12. The molecule has 23 nitrogen and oxygen atoms in total. The molecule has 0 aliphatic heterocycles. The first kappa shape index (κ1) is 64.7. The molecule has 9 unspecified atom stereocenters. The molecule has 0 fully saturated rings. The summed E-state index contributed by atoms with van der Waals surface area (Å²) in [5, 5.41) is 48.8. The molecule has 2 aromatic carbocycles. The van der Waals surface area contributed by atoms with Gasteiger partial charge in [-0.25, -0.2) is 4.79 Å². The smallest absolute Gasteiger partial charge is 0.326 e. The van der Waals surface area contributed by atoms with Crippen LogP contribution in [0.5, 0.6) is 0 Å². The number of carbonyl (C=O) groups excluding carboxylic acids is 8. The van der Waals surface area contributed by atoms with Crippen LogP contribution in [0.2, 0.25) is 0 Å². The normalized spacial score (nSPS) is 14.7. The first-order valence-electron chi connectivity index (χ1n) is 25.6. The zero-order chi connectivity index (χ0) is 57.2. The zero-order valence-electron chi connectivity index (χ0n) is 44.7. The van der Waals surface area contributed by atoms with Crippen LogP contribution in [-0.2, 0) is 65.6 Å². The predicted octanol–water partition coefficient (Wildman–Crippen LogP) is 0.917. The summed E-state index contributed by atoms with van der Waals surface area (Å²) >= 11 is 0. The first-order valence-corrected chi connectivity index (χ1v) is 25.6. The molecule has 0 aliphatic rings. The van der Waals surface area contributed by atoms with Crippen LogP contribution in [-0.4, -0.2) is 135 Å². The van der Waals surface area contributed by atoms with Crippen molar-refractivity contribution in [3.63, 3.8) is 0 Å². The van der Waals surface area contributed by atoms with E-state index in [9.17, 15) is 68.1 Å². The molecule has 23 heteroatoms. The van der Waals surface area contributed by atoms with E-state index in [1.807, 2.05) is 51.1 Å². The molecule has 0 radical (unpaired) electrons.